The fourth-order valence-corrected chi connectivity index (χ4v) is 2.11. The van der Waals surface area contributed by atoms with Crippen molar-refractivity contribution in [3.05, 3.63) is 0 Å². The molecular weight excluding hydrogens is 176 g/mol. The van der Waals surface area contributed by atoms with Crippen molar-refractivity contribution in [3.8, 4) is 0 Å². The van der Waals surface area contributed by atoms with E-state index in [1.807, 2.05) is 0 Å². The zero-order valence-corrected chi connectivity index (χ0v) is 9.80. The quantitative estimate of drug-likeness (QED) is 0.636. The molecule has 2 fully saturated rings. The molecule has 1 heterocycles. The van der Waals surface area contributed by atoms with Gasteiger partial charge in [0, 0.05) is 6.42 Å². The third-order valence-corrected chi connectivity index (χ3v) is 3.13. The van der Waals surface area contributed by atoms with Gasteiger partial charge in [-0.2, -0.15) is 0 Å². The minimum absolute atomic E-state index is 0.0744. The Labute approximate surface area is 87.0 Å². The van der Waals surface area contributed by atoms with E-state index in [4.69, 9.17) is 9.47 Å². The van der Waals surface area contributed by atoms with Gasteiger partial charge >= 0.3 is 0 Å². The van der Waals surface area contributed by atoms with Crippen LogP contribution in [0.5, 0.6) is 0 Å². The summed E-state index contributed by atoms with van der Waals surface area (Å²) in [5, 5.41) is 0. The monoisotopic (exact) mass is 198 g/mol. The fraction of sp³-hybridized carbons (Fsp3) is 1.00. The van der Waals surface area contributed by atoms with Gasteiger partial charge in [0.15, 0.2) is 0 Å². The first-order valence-electron chi connectivity index (χ1n) is 5.67. The van der Waals surface area contributed by atoms with Crippen molar-refractivity contribution in [2.45, 2.75) is 64.8 Å². The molecule has 0 bridgehead atoms. The van der Waals surface area contributed by atoms with E-state index in [0.717, 1.165) is 19.4 Å². The van der Waals surface area contributed by atoms with Gasteiger partial charge in [0.2, 0.25) is 0 Å². The lowest BCUT2D eigenvalue weighted by atomic mass is 9.86. The lowest BCUT2D eigenvalue weighted by Crippen LogP contribution is -2.37. The number of hydrogen-bond donors (Lipinski definition) is 0. The van der Waals surface area contributed by atoms with Crippen molar-refractivity contribution in [2.24, 2.45) is 5.41 Å². The Balaban J connectivity index is 1.83. The molecule has 0 amide bonds. The van der Waals surface area contributed by atoms with E-state index in [9.17, 15) is 0 Å². The van der Waals surface area contributed by atoms with Gasteiger partial charge in [-0.25, -0.2) is 0 Å². The summed E-state index contributed by atoms with van der Waals surface area (Å²) in [5.74, 6) is 0. The van der Waals surface area contributed by atoms with Crippen LogP contribution < -0.4 is 0 Å². The molecule has 2 nitrogen and oxygen atoms in total. The molecule has 3 atom stereocenters. The van der Waals surface area contributed by atoms with Gasteiger partial charge in [-0.1, -0.05) is 20.8 Å². The van der Waals surface area contributed by atoms with E-state index < -0.39 is 0 Å². The average Bonchev–Trinajstić information content (AvgIpc) is 2.78. The van der Waals surface area contributed by atoms with Crippen LogP contribution in [-0.4, -0.2) is 24.4 Å². The van der Waals surface area contributed by atoms with Gasteiger partial charge in [-0.15, -0.1) is 0 Å². The van der Waals surface area contributed by atoms with Crippen LogP contribution in [-0.2, 0) is 9.47 Å². The molecule has 0 aromatic heterocycles. The normalized spacial score (nSPS) is 42.0. The van der Waals surface area contributed by atoms with E-state index in [0.29, 0.717) is 12.2 Å². The van der Waals surface area contributed by atoms with Gasteiger partial charge in [-0.3, -0.25) is 0 Å². The molecule has 0 aromatic carbocycles. The zero-order valence-electron chi connectivity index (χ0n) is 9.80. The maximum Gasteiger partial charge on any atom is 0.0869 e. The number of rotatable bonds is 2. The molecule has 2 heteroatoms. The Morgan fingerprint density at radius 3 is 2.64 bits per heavy atom. The third kappa shape index (κ3) is 2.48. The van der Waals surface area contributed by atoms with Crippen LogP contribution in [0.3, 0.4) is 0 Å². The number of hydrogen-bond acceptors (Lipinski definition) is 2. The number of epoxide rings is 1. The van der Waals surface area contributed by atoms with Crippen molar-refractivity contribution in [1.29, 1.82) is 0 Å². The zero-order chi connectivity index (χ0) is 10.4. The lowest BCUT2D eigenvalue weighted by molar-refractivity contribution is -0.0788. The minimum Gasteiger partial charge on any atom is -0.375 e. The Morgan fingerprint density at radius 1 is 1.36 bits per heavy atom. The van der Waals surface area contributed by atoms with Crippen molar-refractivity contribution >= 4 is 0 Å². The Kier molecular flexibility index (Phi) is 2.39. The highest BCUT2D eigenvalue weighted by atomic mass is 16.6. The summed E-state index contributed by atoms with van der Waals surface area (Å²) in [6.07, 6.45) is 4.51. The van der Waals surface area contributed by atoms with Gasteiger partial charge in [0.05, 0.1) is 24.4 Å². The standard InChI is InChI=1S/C12H22O2/c1-11(2,3)8-13-12(4)6-5-9-10(7-12)14-9/h9-10H,5-8H2,1-4H3/t9-,10+,12?/m1/s1. The largest absolute Gasteiger partial charge is 0.375 e. The van der Waals surface area contributed by atoms with Crippen LogP contribution >= 0.6 is 0 Å². The SMILES string of the molecule is CC(C)(C)COC1(C)CC[C@H]2O[C@H]2C1. The molecule has 1 saturated heterocycles. The number of fused-ring (bicyclic) bond motifs is 1. The highest BCUT2D eigenvalue weighted by molar-refractivity contribution is 4.98. The summed E-state index contributed by atoms with van der Waals surface area (Å²) >= 11 is 0. The summed E-state index contributed by atoms with van der Waals surface area (Å²) in [4.78, 5) is 0. The first-order valence-corrected chi connectivity index (χ1v) is 5.67. The van der Waals surface area contributed by atoms with Crippen LogP contribution in [0.15, 0.2) is 0 Å². The second-order valence-corrected chi connectivity index (χ2v) is 6.26. The second-order valence-electron chi connectivity index (χ2n) is 6.26. The minimum atomic E-state index is 0.0744. The molecule has 1 aliphatic heterocycles. The maximum atomic E-state index is 6.05. The van der Waals surface area contributed by atoms with Gasteiger partial charge in [0.25, 0.3) is 0 Å². The first-order chi connectivity index (χ1) is 6.38. The lowest BCUT2D eigenvalue weighted by Gasteiger charge is -2.34. The van der Waals surface area contributed by atoms with Crippen LogP contribution in [0.4, 0.5) is 0 Å². The van der Waals surface area contributed by atoms with Crippen molar-refractivity contribution in [3.63, 3.8) is 0 Å². The molecule has 2 rings (SSSR count). The Bertz CT molecular complexity index is 219. The van der Waals surface area contributed by atoms with Crippen molar-refractivity contribution in [2.75, 3.05) is 6.61 Å². The van der Waals surface area contributed by atoms with E-state index in [1.165, 1.54) is 6.42 Å². The summed E-state index contributed by atoms with van der Waals surface area (Å²) in [6, 6.07) is 0. The molecule has 14 heavy (non-hydrogen) atoms. The Morgan fingerprint density at radius 2 is 2.07 bits per heavy atom. The smallest absolute Gasteiger partial charge is 0.0869 e. The van der Waals surface area contributed by atoms with E-state index in [-0.39, 0.29) is 11.0 Å². The van der Waals surface area contributed by atoms with E-state index in [2.05, 4.69) is 27.7 Å². The van der Waals surface area contributed by atoms with Crippen LogP contribution in [0.1, 0.15) is 47.0 Å². The average molecular weight is 198 g/mol. The topological polar surface area (TPSA) is 21.8 Å². The molecule has 2 aliphatic rings. The van der Waals surface area contributed by atoms with Crippen LogP contribution in [0.25, 0.3) is 0 Å². The molecule has 0 radical (unpaired) electrons. The molecule has 0 aromatic rings. The molecule has 0 spiro atoms. The predicted octanol–water partition coefficient (Wildman–Crippen LogP) is 2.76. The van der Waals surface area contributed by atoms with Crippen LogP contribution in [0, 0.1) is 5.41 Å². The third-order valence-electron chi connectivity index (χ3n) is 3.13. The van der Waals surface area contributed by atoms with E-state index in [1.54, 1.807) is 0 Å². The maximum absolute atomic E-state index is 6.05. The molecule has 82 valence electrons. The number of ether oxygens (including phenoxy) is 2. The highest BCUT2D eigenvalue weighted by Crippen LogP contribution is 2.43. The highest BCUT2D eigenvalue weighted by Gasteiger charge is 2.49. The van der Waals surface area contributed by atoms with Gasteiger partial charge in [-0.05, 0) is 25.2 Å². The van der Waals surface area contributed by atoms with E-state index >= 15 is 0 Å². The molecule has 0 N–H and O–H groups in total. The van der Waals surface area contributed by atoms with Crippen molar-refractivity contribution in [1.82, 2.24) is 0 Å². The second kappa shape index (κ2) is 3.21. The predicted molar refractivity (Wildman–Crippen MR) is 56.3 cm³/mol. The summed E-state index contributed by atoms with van der Waals surface area (Å²) < 4.78 is 11.6. The molecule has 1 saturated carbocycles. The summed E-state index contributed by atoms with van der Waals surface area (Å²) in [6.45, 7) is 9.73. The molecular formula is C12H22O2. The van der Waals surface area contributed by atoms with Gasteiger partial charge in [0.1, 0.15) is 0 Å². The van der Waals surface area contributed by atoms with Crippen LogP contribution in [0.2, 0.25) is 0 Å². The van der Waals surface area contributed by atoms with Gasteiger partial charge < -0.3 is 9.47 Å². The van der Waals surface area contributed by atoms with Crippen molar-refractivity contribution < 1.29 is 9.47 Å². The first kappa shape index (κ1) is 10.4. The molecule has 1 aliphatic carbocycles. The summed E-state index contributed by atoms with van der Waals surface area (Å²) in [7, 11) is 0. The molecule has 1 unspecified atom stereocenters. The fourth-order valence-electron chi connectivity index (χ4n) is 2.11. The summed E-state index contributed by atoms with van der Waals surface area (Å²) in [5.41, 5.74) is 0.342. The Hall–Kier alpha value is -0.0800.